The van der Waals surface area contributed by atoms with E-state index in [4.69, 9.17) is 0 Å². The maximum Gasteiger partial charge on any atom is 0.136 e. The third-order valence-electron chi connectivity index (χ3n) is 4.01. The number of nitrogens with zero attached hydrogens (tertiary/aromatic N) is 4. The second-order valence-corrected chi connectivity index (χ2v) is 5.30. The van der Waals surface area contributed by atoms with Crippen molar-refractivity contribution in [3.05, 3.63) is 43.1 Å². The maximum absolute atomic E-state index is 4.55. The fourth-order valence-electron chi connectivity index (χ4n) is 2.85. The number of fused-ring (bicyclic) bond motifs is 1. The lowest BCUT2D eigenvalue weighted by molar-refractivity contribution is 0.343. The van der Waals surface area contributed by atoms with Gasteiger partial charge in [-0.15, -0.1) is 0 Å². The number of pyridine rings is 1. The summed E-state index contributed by atoms with van der Waals surface area (Å²) in [5, 5.41) is 7.94. The number of hydrogen-bond donors (Lipinski definition) is 1. The molecule has 0 saturated carbocycles. The van der Waals surface area contributed by atoms with E-state index in [1.54, 1.807) is 0 Å². The van der Waals surface area contributed by atoms with E-state index in [9.17, 15) is 0 Å². The van der Waals surface area contributed by atoms with Gasteiger partial charge in [-0.05, 0) is 38.1 Å². The van der Waals surface area contributed by atoms with Crippen LogP contribution in [0.4, 0.5) is 0 Å². The van der Waals surface area contributed by atoms with Gasteiger partial charge in [0.1, 0.15) is 5.65 Å². The van der Waals surface area contributed by atoms with Gasteiger partial charge in [0.25, 0.3) is 0 Å². The molecule has 1 aliphatic heterocycles. The number of rotatable bonds is 2. The maximum atomic E-state index is 4.55. The van der Waals surface area contributed by atoms with Crippen molar-refractivity contribution in [2.75, 3.05) is 13.1 Å². The van der Waals surface area contributed by atoms with Crippen LogP contribution in [0.3, 0.4) is 0 Å². The Morgan fingerprint density at radius 3 is 2.90 bits per heavy atom. The predicted octanol–water partition coefficient (Wildman–Crippen LogP) is 2.12. The van der Waals surface area contributed by atoms with Crippen molar-refractivity contribution >= 4 is 5.65 Å². The molecular formula is C15H17N5. The average Bonchev–Trinajstić information content (AvgIpc) is 3.16. The number of hydrogen-bond acceptors (Lipinski definition) is 3. The van der Waals surface area contributed by atoms with Crippen LogP contribution in [0.25, 0.3) is 16.8 Å². The van der Waals surface area contributed by atoms with Crippen molar-refractivity contribution in [1.82, 2.24) is 24.5 Å². The summed E-state index contributed by atoms with van der Waals surface area (Å²) >= 11 is 0. The number of imidazole rings is 1. The van der Waals surface area contributed by atoms with E-state index in [0.717, 1.165) is 31.6 Å². The molecule has 0 atom stereocenters. The third kappa shape index (κ3) is 2.00. The Morgan fingerprint density at radius 2 is 2.00 bits per heavy atom. The first-order chi connectivity index (χ1) is 9.90. The Kier molecular flexibility index (Phi) is 2.77. The van der Waals surface area contributed by atoms with E-state index < -0.39 is 0 Å². The first-order valence-corrected chi connectivity index (χ1v) is 7.08. The minimum absolute atomic E-state index is 0.530. The van der Waals surface area contributed by atoms with E-state index in [-0.39, 0.29) is 0 Å². The molecule has 0 aromatic carbocycles. The number of aromatic nitrogens is 4. The largest absolute Gasteiger partial charge is 0.317 e. The molecule has 0 aliphatic carbocycles. The molecule has 5 nitrogen and oxygen atoms in total. The van der Waals surface area contributed by atoms with Crippen LogP contribution in [-0.4, -0.2) is 32.3 Å². The highest BCUT2D eigenvalue weighted by atomic mass is 15.3. The minimum atomic E-state index is 0.530. The van der Waals surface area contributed by atoms with Crippen LogP contribution < -0.4 is 5.32 Å². The van der Waals surface area contributed by atoms with Gasteiger partial charge in [0.15, 0.2) is 0 Å². The summed E-state index contributed by atoms with van der Waals surface area (Å²) in [6, 6.07) is 4.67. The predicted molar refractivity (Wildman–Crippen MR) is 77.6 cm³/mol. The second-order valence-electron chi connectivity index (χ2n) is 5.30. The molecule has 5 heteroatoms. The van der Waals surface area contributed by atoms with Gasteiger partial charge in [-0.3, -0.25) is 4.68 Å². The number of piperidine rings is 1. The summed E-state index contributed by atoms with van der Waals surface area (Å²) in [6.07, 6.45) is 12.3. The third-order valence-corrected chi connectivity index (χ3v) is 4.01. The molecule has 20 heavy (non-hydrogen) atoms. The Morgan fingerprint density at radius 1 is 1.10 bits per heavy atom. The Hall–Kier alpha value is -2.14. The van der Waals surface area contributed by atoms with Gasteiger partial charge in [-0.2, -0.15) is 5.10 Å². The highest BCUT2D eigenvalue weighted by Crippen LogP contribution is 2.23. The van der Waals surface area contributed by atoms with Crippen LogP contribution >= 0.6 is 0 Å². The van der Waals surface area contributed by atoms with Gasteiger partial charge >= 0.3 is 0 Å². The molecule has 3 aromatic rings. The molecule has 0 unspecified atom stereocenters. The van der Waals surface area contributed by atoms with E-state index in [1.807, 2.05) is 29.1 Å². The van der Waals surface area contributed by atoms with Crippen molar-refractivity contribution in [2.45, 2.75) is 18.9 Å². The fourth-order valence-corrected chi connectivity index (χ4v) is 2.85. The summed E-state index contributed by atoms with van der Waals surface area (Å²) < 4.78 is 4.16. The molecule has 1 fully saturated rings. The summed E-state index contributed by atoms with van der Waals surface area (Å²) in [5.41, 5.74) is 3.31. The minimum Gasteiger partial charge on any atom is -0.317 e. The Balaban J connectivity index is 1.66. The monoisotopic (exact) mass is 267 g/mol. The lowest BCUT2D eigenvalue weighted by Crippen LogP contribution is -2.29. The zero-order valence-electron chi connectivity index (χ0n) is 11.2. The van der Waals surface area contributed by atoms with Crippen LogP contribution in [0, 0.1) is 0 Å². The van der Waals surface area contributed by atoms with Crippen molar-refractivity contribution in [1.29, 1.82) is 0 Å². The number of nitrogens with one attached hydrogen (secondary N) is 1. The van der Waals surface area contributed by atoms with Gasteiger partial charge in [-0.25, -0.2) is 4.98 Å². The van der Waals surface area contributed by atoms with Gasteiger partial charge in [0.2, 0.25) is 0 Å². The molecule has 1 saturated heterocycles. The smallest absolute Gasteiger partial charge is 0.136 e. The van der Waals surface area contributed by atoms with Gasteiger partial charge in [-0.1, -0.05) is 0 Å². The first-order valence-electron chi connectivity index (χ1n) is 7.08. The van der Waals surface area contributed by atoms with E-state index >= 15 is 0 Å². The zero-order chi connectivity index (χ0) is 13.4. The van der Waals surface area contributed by atoms with Crippen molar-refractivity contribution in [3.8, 4) is 11.1 Å². The molecule has 0 bridgehead atoms. The zero-order valence-corrected chi connectivity index (χ0v) is 11.2. The summed E-state index contributed by atoms with van der Waals surface area (Å²) in [7, 11) is 0. The SMILES string of the molecule is c1cn2cc(-c3cnn(C4CCNCC4)c3)ccc2n1. The topological polar surface area (TPSA) is 47.1 Å². The average molecular weight is 267 g/mol. The van der Waals surface area contributed by atoms with Crippen LogP contribution in [-0.2, 0) is 0 Å². The summed E-state index contributed by atoms with van der Waals surface area (Å²) in [4.78, 5) is 4.27. The molecule has 0 radical (unpaired) electrons. The summed E-state index contributed by atoms with van der Waals surface area (Å²) in [5.74, 6) is 0. The quantitative estimate of drug-likeness (QED) is 0.773. The van der Waals surface area contributed by atoms with Crippen LogP contribution in [0.2, 0.25) is 0 Å². The lowest BCUT2D eigenvalue weighted by Gasteiger charge is -2.22. The molecule has 1 aliphatic rings. The standard InChI is InChI=1S/C15H17N5/c1-2-15-17-7-8-19(15)10-12(1)13-9-18-20(11-13)14-3-5-16-6-4-14/h1-2,7-11,14,16H,3-6H2. The van der Waals surface area contributed by atoms with Gasteiger partial charge in [0, 0.05) is 35.9 Å². The van der Waals surface area contributed by atoms with Crippen LogP contribution in [0.15, 0.2) is 43.1 Å². The molecule has 3 aromatic heterocycles. The van der Waals surface area contributed by atoms with E-state index in [0.29, 0.717) is 6.04 Å². The first kappa shape index (κ1) is 11.7. The second kappa shape index (κ2) is 4.76. The van der Waals surface area contributed by atoms with Crippen molar-refractivity contribution in [2.24, 2.45) is 0 Å². The molecule has 0 amide bonds. The molecular weight excluding hydrogens is 250 g/mol. The van der Waals surface area contributed by atoms with Crippen molar-refractivity contribution in [3.63, 3.8) is 0 Å². The molecule has 1 N–H and O–H groups in total. The lowest BCUT2D eigenvalue weighted by atomic mass is 10.1. The van der Waals surface area contributed by atoms with E-state index in [2.05, 4.69) is 38.5 Å². The molecule has 0 spiro atoms. The van der Waals surface area contributed by atoms with Crippen LogP contribution in [0.1, 0.15) is 18.9 Å². The molecule has 4 heterocycles. The van der Waals surface area contributed by atoms with Gasteiger partial charge in [0.05, 0.1) is 12.2 Å². The van der Waals surface area contributed by atoms with Gasteiger partial charge < -0.3 is 9.72 Å². The Labute approximate surface area is 117 Å². The molecule has 102 valence electrons. The summed E-state index contributed by atoms with van der Waals surface area (Å²) in [6.45, 7) is 2.17. The van der Waals surface area contributed by atoms with E-state index in [1.165, 1.54) is 11.1 Å². The van der Waals surface area contributed by atoms with Crippen molar-refractivity contribution < 1.29 is 0 Å². The molecule has 4 rings (SSSR count). The highest BCUT2D eigenvalue weighted by molar-refractivity contribution is 5.63. The van der Waals surface area contributed by atoms with Crippen LogP contribution in [0.5, 0.6) is 0 Å². The normalized spacial score (nSPS) is 16.8. The fraction of sp³-hybridized carbons (Fsp3) is 0.333. The Bertz CT molecular complexity index is 721. The highest BCUT2D eigenvalue weighted by Gasteiger charge is 2.16.